The van der Waals surface area contributed by atoms with Crippen LogP contribution in [0.3, 0.4) is 0 Å². The second-order valence-corrected chi connectivity index (χ2v) is 5.51. The zero-order valence-electron chi connectivity index (χ0n) is 14.2. The third-order valence-electron chi connectivity index (χ3n) is 3.77. The van der Waals surface area contributed by atoms with E-state index in [-0.39, 0.29) is 17.8 Å². The summed E-state index contributed by atoms with van der Waals surface area (Å²) >= 11 is 0. The number of aryl methyl sites for hydroxylation is 1. The monoisotopic (exact) mass is 329 g/mol. The van der Waals surface area contributed by atoms with Gasteiger partial charge in [-0.05, 0) is 39.0 Å². The van der Waals surface area contributed by atoms with Gasteiger partial charge >= 0.3 is 0 Å². The van der Waals surface area contributed by atoms with Crippen molar-refractivity contribution in [2.45, 2.75) is 26.9 Å². The Bertz CT molecular complexity index is 895. The van der Waals surface area contributed by atoms with Crippen molar-refractivity contribution in [3.8, 4) is 0 Å². The zero-order chi connectivity index (χ0) is 17.7. The molecule has 0 aliphatic carbocycles. The van der Waals surface area contributed by atoms with Crippen molar-refractivity contribution in [1.82, 2.24) is 9.97 Å². The molecule has 0 spiro atoms. The number of Topliss-reactive ketones (excluding diaryl/α,β-unsaturated/α-hetero) is 1. The van der Waals surface area contributed by atoms with E-state index in [1.807, 2.05) is 32.2 Å². The van der Waals surface area contributed by atoms with Crippen LogP contribution in [0, 0.1) is 6.92 Å². The molecule has 3 aromatic rings. The van der Waals surface area contributed by atoms with Crippen molar-refractivity contribution in [3.63, 3.8) is 0 Å². The molecular weight excluding hydrogens is 306 g/mol. The number of fused-ring (bicyclic) bond motifs is 3. The van der Waals surface area contributed by atoms with Gasteiger partial charge < -0.3 is 20.4 Å². The lowest BCUT2D eigenvalue weighted by Gasteiger charge is -2.09. The number of aromatic nitrogens is 2. The topological polar surface area (TPSA) is 101 Å². The van der Waals surface area contributed by atoms with E-state index in [0.717, 1.165) is 27.5 Å². The third-order valence-corrected chi connectivity index (χ3v) is 3.77. The summed E-state index contributed by atoms with van der Waals surface area (Å²) in [6.07, 6.45) is 1.52. The predicted molar refractivity (Wildman–Crippen MR) is 96.3 cm³/mol. The lowest BCUT2D eigenvalue weighted by atomic mass is 10.2. The average molecular weight is 329 g/mol. The van der Waals surface area contributed by atoms with Crippen molar-refractivity contribution in [2.75, 3.05) is 13.2 Å². The Balaban J connectivity index is 0.000000202. The molecule has 6 nitrogen and oxygen atoms in total. The Kier molecular flexibility index (Phi) is 5.89. The molecule has 0 saturated heterocycles. The molecular formula is C18H23N3O3. The van der Waals surface area contributed by atoms with Crippen molar-refractivity contribution in [2.24, 2.45) is 5.73 Å². The van der Waals surface area contributed by atoms with E-state index in [4.69, 9.17) is 10.5 Å². The normalized spacial score (nSPS) is 12.0. The zero-order valence-corrected chi connectivity index (χ0v) is 14.2. The van der Waals surface area contributed by atoms with Gasteiger partial charge in [0.1, 0.15) is 6.10 Å². The summed E-state index contributed by atoms with van der Waals surface area (Å²) in [5.74, 6) is -0.000602. The number of aromatic amines is 2. The van der Waals surface area contributed by atoms with Crippen LogP contribution >= 0.6 is 0 Å². The summed E-state index contributed by atoms with van der Waals surface area (Å²) in [5, 5.41) is 2.25. The highest BCUT2D eigenvalue weighted by atomic mass is 16.5. The first-order valence-electron chi connectivity index (χ1n) is 7.89. The van der Waals surface area contributed by atoms with Gasteiger partial charge in [0, 0.05) is 41.9 Å². The van der Waals surface area contributed by atoms with Crippen LogP contribution in [0.15, 0.2) is 35.3 Å². The fraction of sp³-hybridized carbons (Fsp3) is 0.333. The molecule has 24 heavy (non-hydrogen) atoms. The van der Waals surface area contributed by atoms with Gasteiger partial charge in [-0.3, -0.25) is 9.59 Å². The minimum absolute atomic E-state index is 0.000602. The van der Waals surface area contributed by atoms with Crippen molar-refractivity contribution >= 4 is 27.6 Å². The molecule has 1 aromatic carbocycles. The average Bonchev–Trinajstić information content (AvgIpc) is 2.92. The number of nitrogens with one attached hydrogen (secondary N) is 2. The Morgan fingerprint density at radius 2 is 2.04 bits per heavy atom. The summed E-state index contributed by atoms with van der Waals surface area (Å²) < 4.78 is 4.98. The molecule has 0 bridgehead atoms. The van der Waals surface area contributed by atoms with Crippen LogP contribution in [0.1, 0.15) is 19.5 Å². The van der Waals surface area contributed by atoms with Crippen LogP contribution in [0.2, 0.25) is 0 Å². The maximum atomic E-state index is 11.2. The maximum Gasteiger partial charge on any atom is 0.180 e. The number of rotatable bonds is 4. The molecule has 3 rings (SSSR count). The number of H-pyrrole nitrogens is 2. The highest BCUT2D eigenvalue weighted by Crippen LogP contribution is 2.24. The van der Waals surface area contributed by atoms with E-state index in [2.05, 4.69) is 9.97 Å². The van der Waals surface area contributed by atoms with E-state index in [1.165, 1.54) is 6.92 Å². The number of pyridine rings is 1. The summed E-state index contributed by atoms with van der Waals surface area (Å²) in [6.45, 7) is 6.15. The Hall–Kier alpha value is -2.44. The van der Waals surface area contributed by atoms with Gasteiger partial charge in [-0.1, -0.05) is 0 Å². The smallest absolute Gasteiger partial charge is 0.180 e. The minimum Gasteiger partial charge on any atom is -0.369 e. The summed E-state index contributed by atoms with van der Waals surface area (Å²) in [6, 6.07) is 7.12. The van der Waals surface area contributed by atoms with E-state index in [9.17, 15) is 9.59 Å². The van der Waals surface area contributed by atoms with Gasteiger partial charge in [0.25, 0.3) is 0 Å². The molecule has 0 fully saturated rings. The Labute approximate surface area is 140 Å². The molecule has 2 heterocycles. The van der Waals surface area contributed by atoms with E-state index >= 15 is 0 Å². The molecule has 0 aliphatic rings. The third kappa shape index (κ3) is 3.90. The fourth-order valence-corrected chi connectivity index (χ4v) is 2.54. The molecule has 6 heteroatoms. The Morgan fingerprint density at radius 1 is 1.29 bits per heavy atom. The predicted octanol–water partition coefficient (Wildman–Crippen LogP) is 2.26. The summed E-state index contributed by atoms with van der Waals surface area (Å²) in [7, 11) is 0. The second-order valence-electron chi connectivity index (χ2n) is 5.51. The molecule has 128 valence electrons. The highest BCUT2D eigenvalue weighted by molar-refractivity contribution is 6.07. The fourth-order valence-electron chi connectivity index (χ4n) is 2.54. The molecule has 1 atom stereocenters. The number of hydrogen-bond donors (Lipinski definition) is 3. The summed E-state index contributed by atoms with van der Waals surface area (Å²) in [4.78, 5) is 28.2. The molecule has 1 unspecified atom stereocenters. The molecule has 0 radical (unpaired) electrons. The van der Waals surface area contributed by atoms with E-state index in [1.54, 1.807) is 12.1 Å². The second kappa shape index (κ2) is 7.90. The first-order valence-corrected chi connectivity index (χ1v) is 7.89. The number of benzene rings is 1. The number of carbonyl (C=O) groups excluding carboxylic acids is 1. The minimum atomic E-state index is -0.394. The van der Waals surface area contributed by atoms with Gasteiger partial charge in [-0.25, -0.2) is 0 Å². The van der Waals surface area contributed by atoms with Crippen LogP contribution < -0.4 is 11.2 Å². The highest BCUT2D eigenvalue weighted by Gasteiger charge is 2.09. The van der Waals surface area contributed by atoms with Crippen molar-refractivity contribution in [3.05, 3.63) is 46.4 Å². The number of hydrogen-bond acceptors (Lipinski definition) is 4. The van der Waals surface area contributed by atoms with Crippen LogP contribution in [-0.4, -0.2) is 35.0 Å². The number of ether oxygens (including phenoxy) is 1. The molecule has 0 amide bonds. The van der Waals surface area contributed by atoms with Crippen molar-refractivity contribution < 1.29 is 9.53 Å². The number of nitrogens with two attached hydrogens (primary N) is 1. The van der Waals surface area contributed by atoms with Gasteiger partial charge in [0.05, 0.1) is 11.0 Å². The van der Waals surface area contributed by atoms with Crippen LogP contribution in [0.5, 0.6) is 0 Å². The standard InChI is InChI=1S/C12H10N2O.C6H13NO2/c1-7-12-10(4-5-13-7)9-3-2-8(15)6-11(9)14-12;1-3-9-6(4-7)5(2)8/h2-6,13-14H,1H3;6H,3-4,7H2,1-2H3. The lowest BCUT2D eigenvalue weighted by Crippen LogP contribution is -2.30. The molecule has 0 saturated carbocycles. The van der Waals surface area contributed by atoms with Crippen LogP contribution in [-0.2, 0) is 9.53 Å². The van der Waals surface area contributed by atoms with Gasteiger partial charge in [-0.15, -0.1) is 0 Å². The van der Waals surface area contributed by atoms with E-state index < -0.39 is 6.10 Å². The lowest BCUT2D eigenvalue weighted by molar-refractivity contribution is -0.127. The molecule has 4 N–H and O–H groups in total. The first kappa shape index (κ1) is 17.9. The van der Waals surface area contributed by atoms with E-state index in [0.29, 0.717) is 6.61 Å². The maximum absolute atomic E-state index is 11.2. The van der Waals surface area contributed by atoms with Gasteiger partial charge in [0.15, 0.2) is 11.2 Å². The summed E-state index contributed by atoms with van der Waals surface area (Å²) in [5.41, 5.74) is 8.30. The van der Waals surface area contributed by atoms with Crippen molar-refractivity contribution in [1.29, 1.82) is 0 Å². The van der Waals surface area contributed by atoms with Gasteiger partial charge in [0.2, 0.25) is 0 Å². The van der Waals surface area contributed by atoms with Gasteiger partial charge in [-0.2, -0.15) is 0 Å². The number of ketones is 1. The Morgan fingerprint density at radius 3 is 2.62 bits per heavy atom. The molecule has 0 aliphatic heterocycles. The molecule has 2 aromatic heterocycles. The first-order chi connectivity index (χ1) is 11.5. The quantitative estimate of drug-likeness (QED) is 0.683. The number of carbonyl (C=O) groups is 1. The van der Waals surface area contributed by atoms with Crippen LogP contribution in [0.4, 0.5) is 0 Å². The SMILES string of the molecule is CCOC(CN)C(C)=O.Cc1[nH]ccc2c1[nH]c1cc(=O)ccc12. The largest absolute Gasteiger partial charge is 0.369 e. The van der Waals surface area contributed by atoms with Crippen LogP contribution in [0.25, 0.3) is 21.8 Å².